The number of hydrogen-bond acceptors (Lipinski definition) is 4. The monoisotopic (exact) mass is 238 g/mol. The van der Waals surface area contributed by atoms with Crippen LogP contribution in [0.4, 0.5) is 0 Å². The third-order valence-electron chi connectivity index (χ3n) is 3.63. The van der Waals surface area contributed by atoms with E-state index < -0.39 is 0 Å². The van der Waals surface area contributed by atoms with E-state index in [4.69, 9.17) is 0 Å². The van der Waals surface area contributed by atoms with Crippen molar-refractivity contribution in [2.75, 3.05) is 13.2 Å². The Hall–Kier alpha value is -0.940. The van der Waals surface area contributed by atoms with Crippen molar-refractivity contribution in [1.82, 2.24) is 19.7 Å². The summed E-state index contributed by atoms with van der Waals surface area (Å²) < 4.78 is 1.95. The summed E-state index contributed by atoms with van der Waals surface area (Å²) in [5.74, 6) is 0.976. The fraction of sp³-hybridized carbons (Fsp3) is 0.833. The first kappa shape index (κ1) is 12.5. The van der Waals surface area contributed by atoms with Crippen LogP contribution in [0.25, 0.3) is 0 Å². The number of nitrogens with zero attached hydrogens (tertiary/aromatic N) is 4. The lowest BCUT2D eigenvalue weighted by Crippen LogP contribution is -2.38. The fourth-order valence-electron chi connectivity index (χ4n) is 2.60. The summed E-state index contributed by atoms with van der Waals surface area (Å²) in [6.45, 7) is 1.74. The summed E-state index contributed by atoms with van der Waals surface area (Å²) in [5.41, 5.74) is 0. The van der Waals surface area contributed by atoms with Crippen LogP contribution in [0.3, 0.4) is 0 Å². The zero-order valence-corrected chi connectivity index (χ0v) is 10.5. The number of aromatic nitrogens is 3. The number of hydrogen-bond donors (Lipinski definition) is 1. The Morgan fingerprint density at radius 3 is 2.76 bits per heavy atom. The molecule has 0 atom stereocenters. The highest BCUT2D eigenvalue weighted by atomic mass is 16.3. The van der Waals surface area contributed by atoms with Crippen LogP contribution in [0, 0.1) is 0 Å². The van der Waals surface area contributed by atoms with Crippen LogP contribution in [0.5, 0.6) is 0 Å². The van der Waals surface area contributed by atoms with Crippen molar-refractivity contribution >= 4 is 0 Å². The van der Waals surface area contributed by atoms with Gasteiger partial charge in [0.1, 0.15) is 12.2 Å². The van der Waals surface area contributed by atoms with Crippen molar-refractivity contribution in [1.29, 1.82) is 0 Å². The minimum Gasteiger partial charge on any atom is -0.395 e. The summed E-state index contributed by atoms with van der Waals surface area (Å²) in [4.78, 5) is 2.35. The van der Waals surface area contributed by atoms with E-state index in [1.54, 1.807) is 6.33 Å². The van der Waals surface area contributed by atoms with E-state index in [2.05, 4.69) is 15.1 Å². The maximum Gasteiger partial charge on any atom is 0.146 e. The molecule has 1 aromatic rings. The molecule has 17 heavy (non-hydrogen) atoms. The largest absolute Gasteiger partial charge is 0.395 e. The molecule has 1 aliphatic rings. The Morgan fingerprint density at radius 1 is 1.41 bits per heavy atom. The molecular formula is C12H22N4O. The van der Waals surface area contributed by atoms with Crippen molar-refractivity contribution in [3.8, 4) is 0 Å². The Kier molecular flexibility index (Phi) is 4.50. The highest BCUT2D eigenvalue weighted by molar-refractivity contribution is 4.87. The highest BCUT2D eigenvalue weighted by Gasteiger charge is 2.21. The molecule has 1 aliphatic carbocycles. The first-order valence-corrected chi connectivity index (χ1v) is 6.49. The second-order valence-electron chi connectivity index (χ2n) is 4.84. The highest BCUT2D eigenvalue weighted by Crippen LogP contribution is 2.23. The van der Waals surface area contributed by atoms with Gasteiger partial charge in [-0.1, -0.05) is 19.3 Å². The lowest BCUT2D eigenvalue weighted by Gasteiger charge is -2.33. The van der Waals surface area contributed by atoms with Crippen molar-refractivity contribution < 1.29 is 5.11 Å². The third kappa shape index (κ3) is 3.26. The van der Waals surface area contributed by atoms with Crippen LogP contribution in [-0.2, 0) is 13.6 Å². The molecular weight excluding hydrogens is 216 g/mol. The molecule has 0 aliphatic heterocycles. The predicted molar refractivity (Wildman–Crippen MR) is 65.4 cm³/mol. The molecule has 5 nitrogen and oxygen atoms in total. The van der Waals surface area contributed by atoms with Gasteiger partial charge in [-0.2, -0.15) is 0 Å². The molecule has 2 rings (SSSR count). The quantitative estimate of drug-likeness (QED) is 0.829. The van der Waals surface area contributed by atoms with Gasteiger partial charge in [0.25, 0.3) is 0 Å². The van der Waals surface area contributed by atoms with Gasteiger partial charge in [0, 0.05) is 19.6 Å². The van der Waals surface area contributed by atoms with Gasteiger partial charge in [-0.25, -0.2) is 0 Å². The Balaban J connectivity index is 1.98. The Morgan fingerprint density at radius 2 is 2.18 bits per heavy atom. The van der Waals surface area contributed by atoms with Crippen LogP contribution >= 0.6 is 0 Å². The molecule has 1 heterocycles. The minimum absolute atomic E-state index is 0.217. The minimum atomic E-state index is 0.217. The van der Waals surface area contributed by atoms with Gasteiger partial charge < -0.3 is 9.67 Å². The molecule has 0 radical (unpaired) electrons. The molecule has 1 fully saturated rings. The second-order valence-corrected chi connectivity index (χ2v) is 4.84. The number of aliphatic hydroxyl groups excluding tert-OH is 1. The third-order valence-corrected chi connectivity index (χ3v) is 3.63. The van der Waals surface area contributed by atoms with Crippen LogP contribution in [-0.4, -0.2) is 44.0 Å². The first-order chi connectivity index (χ1) is 8.31. The Bertz CT molecular complexity index is 333. The normalized spacial score (nSPS) is 17.8. The molecule has 5 heteroatoms. The van der Waals surface area contributed by atoms with Crippen LogP contribution in [0.1, 0.15) is 37.9 Å². The molecule has 96 valence electrons. The number of aliphatic hydroxyl groups is 1. The molecule has 0 saturated heterocycles. The molecule has 1 N–H and O–H groups in total. The summed E-state index contributed by atoms with van der Waals surface area (Å²) >= 11 is 0. The topological polar surface area (TPSA) is 54.2 Å². The predicted octanol–water partition coefficient (Wildman–Crippen LogP) is 0.942. The van der Waals surface area contributed by atoms with Gasteiger partial charge in [0.05, 0.1) is 13.2 Å². The van der Waals surface area contributed by atoms with Gasteiger partial charge >= 0.3 is 0 Å². The van der Waals surface area contributed by atoms with Gasteiger partial charge in [-0.3, -0.25) is 4.90 Å². The van der Waals surface area contributed by atoms with Gasteiger partial charge in [-0.05, 0) is 12.8 Å². The lowest BCUT2D eigenvalue weighted by atomic mass is 9.94. The second kappa shape index (κ2) is 6.12. The van der Waals surface area contributed by atoms with E-state index >= 15 is 0 Å². The summed E-state index contributed by atoms with van der Waals surface area (Å²) in [6.07, 6.45) is 8.20. The number of aryl methyl sites for hydroxylation is 1. The van der Waals surface area contributed by atoms with Crippen LogP contribution in [0.15, 0.2) is 6.33 Å². The van der Waals surface area contributed by atoms with Crippen molar-refractivity contribution in [2.45, 2.75) is 44.7 Å². The SMILES string of the molecule is Cn1cnnc1CN(CCO)C1CCCCC1. The Labute approximate surface area is 102 Å². The molecule has 0 amide bonds. The molecule has 0 spiro atoms. The van der Waals surface area contributed by atoms with E-state index in [1.807, 2.05) is 11.6 Å². The first-order valence-electron chi connectivity index (χ1n) is 6.49. The van der Waals surface area contributed by atoms with Gasteiger partial charge in [0.15, 0.2) is 0 Å². The maximum atomic E-state index is 9.18. The average Bonchev–Trinajstić information content (AvgIpc) is 2.76. The standard InChI is InChI=1S/C12H22N4O/c1-15-10-13-14-12(15)9-16(7-8-17)11-5-3-2-4-6-11/h10-11,17H,2-9H2,1H3. The zero-order chi connectivity index (χ0) is 12.1. The van der Waals surface area contributed by atoms with E-state index in [-0.39, 0.29) is 6.61 Å². The van der Waals surface area contributed by atoms with E-state index in [9.17, 15) is 5.11 Å². The smallest absolute Gasteiger partial charge is 0.146 e. The van der Waals surface area contributed by atoms with E-state index in [1.165, 1.54) is 32.1 Å². The number of rotatable bonds is 5. The average molecular weight is 238 g/mol. The molecule has 1 aromatic heterocycles. The van der Waals surface area contributed by atoms with Gasteiger partial charge in [0.2, 0.25) is 0 Å². The molecule has 1 saturated carbocycles. The van der Waals surface area contributed by atoms with Crippen LogP contribution < -0.4 is 0 Å². The summed E-state index contributed by atoms with van der Waals surface area (Å²) in [5, 5.41) is 17.2. The lowest BCUT2D eigenvalue weighted by molar-refractivity contribution is 0.113. The van der Waals surface area contributed by atoms with E-state index in [0.717, 1.165) is 18.9 Å². The fourth-order valence-corrected chi connectivity index (χ4v) is 2.60. The zero-order valence-electron chi connectivity index (χ0n) is 10.5. The maximum absolute atomic E-state index is 9.18. The van der Waals surface area contributed by atoms with Crippen molar-refractivity contribution in [3.63, 3.8) is 0 Å². The summed E-state index contributed by atoms with van der Waals surface area (Å²) in [6, 6.07) is 0.604. The van der Waals surface area contributed by atoms with Crippen molar-refractivity contribution in [2.24, 2.45) is 7.05 Å². The molecule has 0 aromatic carbocycles. The van der Waals surface area contributed by atoms with E-state index in [0.29, 0.717) is 6.04 Å². The summed E-state index contributed by atoms with van der Waals surface area (Å²) in [7, 11) is 1.97. The van der Waals surface area contributed by atoms with Gasteiger partial charge in [-0.15, -0.1) is 10.2 Å². The van der Waals surface area contributed by atoms with Crippen molar-refractivity contribution in [3.05, 3.63) is 12.2 Å². The van der Waals surface area contributed by atoms with Crippen LogP contribution in [0.2, 0.25) is 0 Å². The molecule has 0 unspecified atom stereocenters. The molecule has 0 bridgehead atoms.